The summed E-state index contributed by atoms with van der Waals surface area (Å²) in [5.41, 5.74) is 5.32. The molecule has 104 valence electrons. The maximum atomic E-state index is 5.95. The Labute approximate surface area is 120 Å². The molecule has 0 saturated heterocycles. The van der Waals surface area contributed by atoms with E-state index in [0.717, 1.165) is 19.6 Å². The third kappa shape index (κ3) is 2.60. The Bertz CT molecular complexity index is 581. The van der Waals surface area contributed by atoms with Crippen molar-refractivity contribution in [3.05, 3.63) is 53.9 Å². The van der Waals surface area contributed by atoms with Crippen LogP contribution in [0.4, 0.5) is 0 Å². The van der Waals surface area contributed by atoms with E-state index in [9.17, 15) is 0 Å². The topological polar surface area (TPSA) is 25.4 Å². The van der Waals surface area contributed by atoms with Crippen LogP contribution in [0.5, 0.6) is 0 Å². The second-order valence-electron chi connectivity index (χ2n) is 5.48. The Kier molecular flexibility index (Phi) is 3.81. The van der Waals surface area contributed by atoms with Crippen molar-refractivity contribution in [2.45, 2.75) is 12.5 Å². The lowest BCUT2D eigenvalue weighted by Gasteiger charge is -2.29. The fourth-order valence-electron chi connectivity index (χ4n) is 2.86. The lowest BCUT2D eigenvalue weighted by atomic mass is 9.90. The molecule has 0 amide bonds. The third-order valence-corrected chi connectivity index (χ3v) is 3.75. The highest BCUT2D eigenvalue weighted by molar-refractivity contribution is 5.69. The molecular weight excluding hydrogens is 248 g/mol. The minimum absolute atomic E-state index is 0.176. The Hall–Kier alpha value is -1.71. The lowest BCUT2D eigenvalue weighted by molar-refractivity contribution is 0.0256. The summed E-state index contributed by atoms with van der Waals surface area (Å²) in [5, 5.41) is 0. The molecule has 0 fully saturated rings. The standard InChI is InChI=1S/C17H20N2O/c1-19(2)12-17-16-5-3-4-14(15(16)8-11-20-17)13-6-9-18-10-7-13/h3-7,9-10,17H,8,11-12H2,1-2H3. The fourth-order valence-corrected chi connectivity index (χ4v) is 2.86. The van der Waals surface area contributed by atoms with Gasteiger partial charge in [-0.3, -0.25) is 4.98 Å². The molecule has 1 atom stereocenters. The van der Waals surface area contributed by atoms with E-state index in [1.165, 1.54) is 22.3 Å². The summed E-state index contributed by atoms with van der Waals surface area (Å²) in [5.74, 6) is 0. The molecule has 3 heteroatoms. The molecule has 1 unspecified atom stereocenters. The van der Waals surface area contributed by atoms with E-state index in [1.54, 1.807) is 0 Å². The first-order valence-corrected chi connectivity index (χ1v) is 7.04. The highest BCUT2D eigenvalue weighted by Crippen LogP contribution is 2.34. The van der Waals surface area contributed by atoms with Gasteiger partial charge >= 0.3 is 0 Å². The Morgan fingerprint density at radius 2 is 2.00 bits per heavy atom. The number of nitrogens with zero attached hydrogens (tertiary/aromatic N) is 2. The number of rotatable bonds is 3. The molecule has 0 aliphatic carbocycles. The first-order valence-electron chi connectivity index (χ1n) is 7.04. The van der Waals surface area contributed by atoms with Gasteiger partial charge in [-0.05, 0) is 54.9 Å². The van der Waals surface area contributed by atoms with Crippen molar-refractivity contribution in [3.8, 4) is 11.1 Å². The quantitative estimate of drug-likeness (QED) is 0.856. The molecule has 0 radical (unpaired) electrons. The molecule has 3 nitrogen and oxygen atoms in total. The largest absolute Gasteiger partial charge is 0.372 e. The maximum absolute atomic E-state index is 5.95. The SMILES string of the molecule is CN(C)CC1OCCc2c(-c3ccncc3)cccc21. The van der Waals surface area contributed by atoms with Gasteiger partial charge in [0.05, 0.1) is 12.7 Å². The average Bonchev–Trinajstić information content (AvgIpc) is 2.47. The highest BCUT2D eigenvalue weighted by Gasteiger charge is 2.23. The summed E-state index contributed by atoms with van der Waals surface area (Å²) < 4.78 is 5.95. The second-order valence-corrected chi connectivity index (χ2v) is 5.48. The molecule has 1 aromatic carbocycles. The first kappa shape index (κ1) is 13.3. The molecule has 3 rings (SSSR count). The molecule has 1 aromatic heterocycles. The smallest absolute Gasteiger partial charge is 0.0954 e. The molecule has 0 N–H and O–H groups in total. The van der Waals surface area contributed by atoms with Crippen LogP contribution in [0.15, 0.2) is 42.7 Å². The molecule has 0 bridgehead atoms. The van der Waals surface area contributed by atoms with Crippen LogP contribution in [0.2, 0.25) is 0 Å². The summed E-state index contributed by atoms with van der Waals surface area (Å²) >= 11 is 0. The van der Waals surface area contributed by atoms with E-state index in [4.69, 9.17) is 4.74 Å². The van der Waals surface area contributed by atoms with E-state index in [0.29, 0.717) is 0 Å². The van der Waals surface area contributed by atoms with Crippen LogP contribution in [0.3, 0.4) is 0 Å². The van der Waals surface area contributed by atoms with Gasteiger partial charge < -0.3 is 9.64 Å². The number of ether oxygens (including phenoxy) is 1. The van der Waals surface area contributed by atoms with E-state index < -0.39 is 0 Å². The Morgan fingerprint density at radius 3 is 2.75 bits per heavy atom. The molecular formula is C17H20N2O. The summed E-state index contributed by atoms with van der Waals surface area (Å²) in [6.07, 6.45) is 4.87. The van der Waals surface area contributed by atoms with E-state index in [2.05, 4.69) is 54.3 Å². The van der Waals surface area contributed by atoms with Crippen molar-refractivity contribution >= 4 is 0 Å². The zero-order valence-corrected chi connectivity index (χ0v) is 12.0. The summed E-state index contributed by atoms with van der Waals surface area (Å²) in [6.45, 7) is 1.72. The number of aromatic nitrogens is 1. The van der Waals surface area contributed by atoms with Crippen molar-refractivity contribution in [1.82, 2.24) is 9.88 Å². The van der Waals surface area contributed by atoms with E-state index >= 15 is 0 Å². The summed E-state index contributed by atoms with van der Waals surface area (Å²) in [7, 11) is 4.18. The first-order chi connectivity index (χ1) is 9.75. The van der Waals surface area contributed by atoms with Crippen LogP contribution in [0.25, 0.3) is 11.1 Å². The van der Waals surface area contributed by atoms with Gasteiger partial charge in [-0.15, -0.1) is 0 Å². The maximum Gasteiger partial charge on any atom is 0.0954 e. The van der Waals surface area contributed by atoms with Crippen molar-refractivity contribution < 1.29 is 4.74 Å². The average molecular weight is 268 g/mol. The van der Waals surface area contributed by atoms with Gasteiger partial charge in [0.2, 0.25) is 0 Å². The van der Waals surface area contributed by atoms with E-state index in [-0.39, 0.29) is 6.10 Å². The Balaban J connectivity index is 2.03. The van der Waals surface area contributed by atoms with Gasteiger partial charge in [0.15, 0.2) is 0 Å². The van der Waals surface area contributed by atoms with Gasteiger partial charge in [0, 0.05) is 18.9 Å². The molecule has 0 saturated carbocycles. The monoisotopic (exact) mass is 268 g/mol. The fraction of sp³-hybridized carbons (Fsp3) is 0.353. The van der Waals surface area contributed by atoms with Crippen molar-refractivity contribution in [1.29, 1.82) is 0 Å². The molecule has 0 spiro atoms. The van der Waals surface area contributed by atoms with Crippen LogP contribution >= 0.6 is 0 Å². The molecule has 2 aromatic rings. The summed E-state index contributed by atoms with van der Waals surface area (Å²) in [4.78, 5) is 6.29. The zero-order chi connectivity index (χ0) is 13.9. The predicted molar refractivity (Wildman–Crippen MR) is 80.6 cm³/mol. The van der Waals surface area contributed by atoms with Crippen molar-refractivity contribution in [2.75, 3.05) is 27.2 Å². The third-order valence-electron chi connectivity index (χ3n) is 3.75. The minimum Gasteiger partial charge on any atom is -0.372 e. The van der Waals surface area contributed by atoms with E-state index in [1.807, 2.05) is 12.4 Å². The predicted octanol–water partition coefficient (Wildman–Crippen LogP) is 2.92. The van der Waals surface area contributed by atoms with Crippen molar-refractivity contribution in [2.24, 2.45) is 0 Å². The number of pyridine rings is 1. The number of likely N-dealkylation sites (N-methyl/N-ethyl adjacent to an activating group) is 1. The molecule has 1 aliphatic heterocycles. The van der Waals surface area contributed by atoms with Crippen LogP contribution in [0, 0.1) is 0 Å². The number of hydrogen-bond donors (Lipinski definition) is 0. The molecule has 1 aliphatic rings. The molecule has 20 heavy (non-hydrogen) atoms. The van der Waals surface area contributed by atoms with Crippen LogP contribution in [-0.4, -0.2) is 37.1 Å². The number of hydrogen-bond acceptors (Lipinski definition) is 3. The Morgan fingerprint density at radius 1 is 1.20 bits per heavy atom. The van der Waals surface area contributed by atoms with Crippen LogP contribution in [0.1, 0.15) is 17.2 Å². The minimum atomic E-state index is 0.176. The highest BCUT2D eigenvalue weighted by atomic mass is 16.5. The second kappa shape index (κ2) is 5.73. The van der Waals surface area contributed by atoms with Gasteiger partial charge in [-0.1, -0.05) is 18.2 Å². The van der Waals surface area contributed by atoms with Gasteiger partial charge in [0.1, 0.15) is 0 Å². The normalized spacial score (nSPS) is 18.1. The van der Waals surface area contributed by atoms with Gasteiger partial charge in [0.25, 0.3) is 0 Å². The van der Waals surface area contributed by atoms with Crippen LogP contribution < -0.4 is 0 Å². The lowest BCUT2D eigenvalue weighted by Crippen LogP contribution is -2.27. The summed E-state index contributed by atoms with van der Waals surface area (Å²) in [6, 6.07) is 10.7. The number of fused-ring (bicyclic) bond motifs is 1. The van der Waals surface area contributed by atoms with Gasteiger partial charge in [-0.2, -0.15) is 0 Å². The number of benzene rings is 1. The molecule has 2 heterocycles. The zero-order valence-electron chi connectivity index (χ0n) is 12.0. The van der Waals surface area contributed by atoms with Crippen molar-refractivity contribution in [3.63, 3.8) is 0 Å². The van der Waals surface area contributed by atoms with Gasteiger partial charge in [-0.25, -0.2) is 0 Å². The van der Waals surface area contributed by atoms with Crippen LogP contribution in [-0.2, 0) is 11.2 Å².